The van der Waals surface area contributed by atoms with Gasteiger partial charge in [0.05, 0.1) is 5.52 Å². The lowest BCUT2D eigenvalue weighted by atomic mass is 10.1. The van der Waals surface area contributed by atoms with Crippen LogP contribution in [0.2, 0.25) is 0 Å². The van der Waals surface area contributed by atoms with Crippen LogP contribution in [-0.2, 0) is 0 Å². The van der Waals surface area contributed by atoms with Crippen LogP contribution in [-0.4, -0.2) is 56.6 Å². The number of rotatable bonds is 3. The van der Waals surface area contributed by atoms with Crippen LogP contribution in [0, 0.1) is 13.8 Å². The molecule has 7 heteroatoms. The van der Waals surface area contributed by atoms with Gasteiger partial charge in [-0.15, -0.1) is 10.2 Å². The average molecular weight is 463 g/mol. The Morgan fingerprint density at radius 1 is 0.829 bits per heavy atom. The van der Waals surface area contributed by atoms with Gasteiger partial charge < -0.3 is 9.80 Å². The lowest BCUT2D eigenvalue weighted by molar-refractivity contribution is 0.0746. The fraction of sp³-hybridized carbons (Fsp3) is 0.214. The zero-order valence-electron chi connectivity index (χ0n) is 19.8. The van der Waals surface area contributed by atoms with E-state index >= 15 is 0 Å². The monoisotopic (exact) mass is 462 g/mol. The molecule has 35 heavy (non-hydrogen) atoms. The molecule has 0 aliphatic carbocycles. The number of aryl methyl sites for hydroxylation is 2. The molecule has 5 aromatic rings. The fourth-order valence-corrected chi connectivity index (χ4v) is 4.85. The van der Waals surface area contributed by atoms with E-state index in [-0.39, 0.29) is 5.91 Å². The van der Waals surface area contributed by atoms with Gasteiger partial charge in [0.1, 0.15) is 0 Å². The van der Waals surface area contributed by atoms with Gasteiger partial charge in [0.25, 0.3) is 5.91 Å². The molecule has 3 aromatic carbocycles. The molecule has 1 aliphatic rings. The molecule has 1 fully saturated rings. The molecule has 0 spiro atoms. The van der Waals surface area contributed by atoms with Crippen molar-refractivity contribution in [1.82, 2.24) is 24.5 Å². The van der Waals surface area contributed by atoms with Gasteiger partial charge in [0, 0.05) is 42.7 Å². The molecule has 3 heterocycles. The van der Waals surface area contributed by atoms with Crippen LogP contribution in [0.3, 0.4) is 0 Å². The molecule has 0 bridgehead atoms. The SMILES string of the molecule is Cc1cccc(C(=O)N2CCN(c3nc4ccccc4c4nnc(-c5ccccc5C)n34)CC2)c1. The van der Waals surface area contributed by atoms with E-state index in [0.29, 0.717) is 26.2 Å². The lowest BCUT2D eigenvalue weighted by Gasteiger charge is -2.35. The van der Waals surface area contributed by atoms with Crippen LogP contribution in [0.1, 0.15) is 21.5 Å². The Morgan fingerprint density at radius 2 is 1.60 bits per heavy atom. The van der Waals surface area contributed by atoms with Gasteiger partial charge in [0.15, 0.2) is 11.5 Å². The maximum Gasteiger partial charge on any atom is 0.253 e. The summed E-state index contributed by atoms with van der Waals surface area (Å²) in [5, 5.41) is 10.2. The zero-order chi connectivity index (χ0) is 23.9. The summed E-state index contributed by atoms with van der Waals surface area (Å²) in [7, 11) is 0. The first-order valence-electron chi connectivity index (χ1n) is 11.9. The fourth-order valence-electron chi connectivity index (χ4n) is 4.85. The van der Waals surface area contributed by atoms with Gasteiger partial charge in [0.2, 0.25) is 5.95 Å². The first kappa shape index (κ1) is 21.3. The second-order valence-corrected chi connectivity index (χ2v) is 9.08. The molecular weight excluding hydrogens is 436 g/mol. The average Bonchev–Trinajstić information content (AvgIpc) is 3.33. The molecule has 0 saturated carbocycles. The minimum Gasteiger partial charge on any atom is -0.338 e. The van der Waals surface area contributed by atoms with Gasteiger partial charge in [-0.25, -0.2) is 9.38 Å². The molecule has 0 N–H and O–H groups in total. The van der Waals surface area contributed by atoms with Crippen LogP contribution in [0.25, 0.3) is 27.9 Å². The van der Waals surface area contributed by atoms with Crippen molar-refractivity contribution in [2.45, 2.75) is 13.8 Å². The van der Waals surface area contributed by atoms with E-state index in [2.05, 4.69) is 38.6 Å². The third-order valence-electron chi connectivity index (χ3n) is 6.73. The summed E-state index contributed by atoms with van der Waals surface area (Å²) in [6.45, 7) is 6.72. The number of nitrogens with zero attached hydrogens (tertiary/aromatic N) is 6. The molecule has 1 saturated heterocycles. The highest BCUT2D eigenvalue weighted by atomic mass is 16.2. The molecule has 2 aromatic heterocycles. The quantitative estimate of drug-likeness (QED) is 0.394. The summed E-state index contributed by atoms with van der Waals surface area (Å²) in [6.07, 6.45) is 0. The van der Waals surface area contributed by atoms with Gasteiger partial charge >= 0.3 is 0 Å². The number of benzene rings is 3. The predicted octanol–water partition coefficient (Wildman–Crippen LogP) is 4.52. The number of carbonyl (C=O) groups excluding carboxylic acids is 1. The largest absolute Gasteiger partial charge is 0.338 e. The van der Waals surface area contributed by atoms with E-state index in [4.69, 9.17) is 4.98 Å². The zero-order valence-corrected chi connectivity index (χ0v) is 19.8. The predicted molar refractivity (Wildman–Crippen MR) is 138 cm³/mol. The Kier molecular flexibility index (Phi) is 5.17. The third-order valence-corrected chi connectivity index (χ3v) is 6.73. The number of aromatic nitrogens is 4. The number of para-hydroxylation sites is 1. The molecule has 174 valence electrons. The highest BCUT2D eigenvalue weighted by Gasteiger charge is 2.26. The van der Waals surface area contributed by atoms with Gasteiger partial charge in [-0.05, 0) is 43.7 Å². The molecule has 0 atom stereocenters. The Labute approximate surface area is 203 Å². The topological polar surface area (TPSA) is 66.6 Å². The minimum atomic E-state index is 0.0786. The van der Waals surface area contributed by atoms with Gasteiger partial charge in [-0.2, -0.15) is 0 Å². The molecular formula is C28H26N6O. The van der Waals surface area contributed by atoms with Gasteiger partial charge in [-0.3, -0.25) is 4.79 Å². The number of hydrogen-bond donors (Lipinski definition) is 0. The maximum atomic E-state index is 13.1. The molecule has 1 aliphatic heterocycles. The van der Waals surface area contributed by atoms with E-state index in [1.165, 1.54) is 0 Å². The van der Waals surface area contributed by atoms with Crippen LogP contribution in [0.5, 0.6) is 0 Å². The molecule has 0 unspecified atom stereocenters. The normalized spacial score (nSPS) is 14.1. The van der Waals surface area contributed by atoms with E-state index in [1.807, 2.05) is 72.5 Å². The van der Waals surface area contributed by atoms with Crippen molar-refractivity contribution in [3.05, 3.63) is 89.5 Å². The standard InChI is InChI=1S/C28H26N6O/c1-19-8-7-10-21(18-19)27(35)32-14-16-33(17-15-32)28-29-24-13-6-5-12-23(24)26-31-30-25(34(26)28)22-11-4-3-9-20(22)2/h3-13,18H,14-17H2,1-2H3. The van der Waals surface area contributed by atoms with E-state index < -0.39 is 0 Å². The van der Waals surface area contributed by atoms with Crippen molar-refractivity contribution in [2.24, 2.45) is 0 Å². The number of fused-ring (bicyclic) bond motifs is 3. The first-order chi connectivity index (χ1) is 17.1. The Morgan fingerprint density at radius 3 is 2.40 bits per heavy atom. The Balaban J connectivity index is 1.39. The number of piperazine rings is 1. The number of amides is 1. The molecule has 7 nitrogen and oxygen atoms in total. The van der Waals surface area contributed by atoms with E-state index in [9.17, 15) is 4.79 Å². The number of hydrogen-bond acceptors (Lipinski definition) is 5. The summed E-state index contributed by atoms with van der Waals surface area (Å²) < 4.78 is 2.07. The van der Waals surface area contributed by atoms with Crippen molar-refractivity contribution in [1.29, 1.82) is 0 Å². The lowest BCUT2D eigenvalue weighted by Crippen LogP contribution is -2.49. The molecule has 6 rings (SSSR count). The van der Waals surface area contributed by atoms with Crippen LogP contribution in [0.4, 0.5) is 5.95 Å². The second kappa shape index (κ2) is 8.51. The third kappa shape index (κ3) is 3.69. The first-order valence-corrected chi connectivity index (χ1v) is 11.9. The van der Waals surface area contributed by atoms with Crippen molar-refractivity contribution in [2.75, 3.05) is 31.1 Å². The number of anilines is 1. The van der Waals surface area contributed by atoms with E-state index in [0.717, 1.165) is 50.6 Å². The highest BCUT2D eigenvalue weighted by Crippen LogP contribution is 2.30. The minimum absolute atomic E-state index is 0.0786. The van der Waals surface area contributed by atoms with Gasteiger partial charge in [-0.1, -0.05) is 54.1 Å². The maximum absolute atomic E-state index is 13.1. The number of carbonyl (C=O) groups is 1. The van der Waals surface area contributed by atoms with Crippen LogP contribution < -0.4 is 4.90 Å². The smallest absolute Gasteiger partial charge is 0.253 e. The Hall–Kier alpha value is -4.26. The van der Waals surface area contributed by atoms with Crippen molar-refractivity contribution < 1.29 is 4.79 Å². The summed E-state index contributed by atoms with van der Waals surface area (Å²) in [6, 6.07) is 24.0. The van der Waals surface area contributed by atoms with Crippen LogP contribution >= 0.6 is 0 Å². The summed E-state index contributed by atoms with van der Waals surface area (Å²) >= 11 is 0. The molecule has 0 radical (unpaired) electrons. The second-order valence-electron chi connectivity index (χ2n) is 9.08. The van der Waals surface area contributed by atoms with Crippen LogP contribution in [0.15, 0.2) is 72.8 Å². The summed E-state index contributed by atoms with van der Waals surface area (Å²) in [4.78, 5) is 22.3. The van der Waals surface area contributed by atoms with Crippen molar-refractivity contribution in [3.63, 3.8) is 0 Å². The molecule has 1 amide bonds. The summed E-state index contributed by atoms with van der Waals surface area (Å²) in [5.41, 5.74) is 5.68. The van der Waals surface area contributed by atoms with E-state index in [1.54, 1.807) is 0 Å². The Bertz CT molecular complexity index is 1560. The summed E-state index contributed by atoms with van der Waals surface area (Å²) in [5.74, 6) is 1.67. The highest BCUT2D eigenvalue weighted by molar-refractivity contribution is 5.95. The van der Waals surface area contributed by atoms with Crippen molar-refractivity contribution >= 4 is 28.4 Å². The van der Waals surface area contributed by atoms with Crippen molar-refractivity contribution in [3.8, 4) is 11.4 Å².